The maximum absolute atomic E-state index is 12.9. The molecule has 3 rings (SSSR count). The molecule has 0 unspecified atom stereocenters. The van der Waals surface area contributed by atoms with Gasteiger partial charge in [0.15, 0.2) is 0 Å². The van der Waals surface area contributed by atoms with E-state index in [1.54, 1.807) is 30.3 Å². The molecule has 0 radical (unpaired) electrons. The summed E-state index contributed by atoms with van der Waals surface area (Å²) >= 11 is 0. The average Bonchev–Trinajstić information content (AvgIpc) is 3.30. The van der Waals surface area contributed by atoms with Crippen molar-refractivity contribution in [2.45, 2.75) is 38.5 Å². The zero-order chi connectivity index (χ0) is 21.0. The van der Waals surface area contributed by atoms with Gasteiger partial charge in [-0.15, -0.1) is 0 Å². The van der Waals surface area contributed by atoms with Gasteiger partial charge in [-0.25, -0.2) is 4.79 Å². The molecule has 1 atom stereocenters. The number of aromatic nitrogens is 1. The highest BCUT2D eigenvalue weighted by atomic mass is 28.3. The molecule has 0 aliphatic carbocycles. The molecule has 1 N–H and O–H groups in total. The second kappa shape index (κ2) is 8.94. The van der Waals surface area contributed by atoms with Crippen molar-refractivity contribution in [3.63, 3.8) is 0 Å². The van der Waals surface area contributed by atoms with Gasteiger partial charge >= 0.3 is 6.09 Å². The van der Waals surface area contributed by atoms with E-state index in [4.69, 9.17) is 14.6 Å². The Morgan fingerprint density at radius 1 is 1.24 bits per heavy atom. The Hall–Kier alpha value is -2.42. The van der Waals surface area contributed by atoms with Crippen molar-refractivity contribution in [1.82, 2.24) is 4.57 Å². The van der Waals surface area contributed by atoms with Gasteiger partial charge in [-0.3, -0.25) is 9.69 Å². The number of hydrogen-bond donors (Lipinski definition) is 1. The summed E-state index contributed by atoms with van der Waals surface area (Å²) in [4.78, 5) is 26.2. The van der Waals surface area contributed by atoms with Gasteiger partial charge in [0, 0.05) is 32.1 Å². The van der Waals surface area contributed by atoms with E-state index in [-0.39, 0.29) is 12.4 Å². The van der Waals surface area contributed by atoms with Gasteiger partial charge in [-0.05, 0) is 42.4 Å². The number of benzene rings is 1. The van der Waals surface area contributed by atoms with Gasteiger partial charge in [0.05, 0.1) is 18.8 Å². The van der Waals surface area contributed by atoms with E-state index < -0.39 is 20.3 Å². The first kappa shape index (κ1) is 21.3. The summed E-state index contributed by atoms with van der Waals surface area (Å²) in [7, 11) is -1.15. The predicted molar refractivity (Wildman–Crippen MR) is 113 cm³/mol. The lowest BCUT2D eigenvalue weighted by Gasteiger charge is -2.16. The minimum atomic E-state index is -1.15. The molecule has 1 aliphatic heterocycles. The Morgan fingerprint density at radius 2 is 1.97 bits per heavy atom. The standard InChI is InChI=1S/C21H28N2O5Si/c1-29(2,3)12-11-27-15-22-10-4-5-19(22)20(25)16-6-8-17(9-7-16)23-13-18(14-24)28-21(23)26/h4-10,18,24H,11-15H2,1-3H3/t18-/m1/s1. The minimum Gasteiger partial charge on any atom is -0.441 e. The molecule has 0 bridgehead atoms. The first-order valence-corrected chi connectivity index (χ1v) is 13.5. The maximum Gasteiger partial charge on any atom is 0.414 e. The topological polar surface area (TPSA) is 81.0 Å². The zero-order valence-electron chi connectivity index (χ0n) is 17.1. The van der Waals surface area contributed by atoms with Crippen LogP contribution in [0.3, 0.4) is 0 Å². The minimum absolute atomic E-state index is 0.104. The van der Waals surface area contributed by atoms with Crippen LogP contribution in [0.4, 0.5) is 10.5 Å². The van der Waals surface area contributed by atoms with Crippen LogP contribution in [-0.2, 0) is 16.2 Å². The Labute approximate surface area is 171 Å². The number of rotatable bonds is 9. The third kappa shape index (κ3) is 5.34. The lowest BCUT2D eigenvalue weighted by atomic mass is 10.1. The number of ether oxygens (including phenoxy) is 2. The zero-order valence-corrected chi connectivity index (χ0v) is 18.1. The first-order chi connectivity index (χ1) is 13.8. The van der Waals surface area contributed by atoms with Gasteiger partial charge in [0.1, 0.15) is 12.8 Å². The SMILES string of the molecule is C[Si](C)(C)CCOCn1cccc1C(=O)c1ccc(N2C[C@H](CO)OC2=O)cc1. The molecule has 8 heteroatoms. The summed E-state index contributed by atoms with van der Waals surface area (Å²) in [5.41, 5.74) is 1.72. The van der Waals surface area contributed by atoms with Crippen molar-refractivity contribution in [1.29, 1.82) is 0 Å². The Morgan fingerprint density at radius 3 is 2.59 bits per heavy atom. The summed E-state index contributed by atoms with van der Waals surface area (Å²) in [5, 5.41) is 9.15. The molecule has 2 heterocycles. The number of amides is 1. The van der Waals surface area contributed by atoms with Crippen LogP contribution in [0, 0.1) is 0 Å². The maximum atomic E-state index is 12.9. The van der Waals surface area contributed by atoms with Crippen molar-refractivity contribution in [3.05, 3.63) is 53.9 Å². The molecule has 0 spiro atoms. The third-order valence-electron chi connectivity index (χ3n) is 4.81. The summed E-state index contributed by atoms with van der Waals surface area (Å²) in [6.07, 6.45) is 0.825. The second-order valence-electron chi connectivity index (χ2n) is 8.39. The number of hydrogen-bond acceptors (Lipinski definition) is 5. The normalized spacial score (nSPS) is 16.9. The van der Waals surface area contributed by atoms with Gasteiger partial charge in [0.2, 0.25) is 5.78 Å². The number of aliphatic hydroxyl groups is 1. The van der Waals surface area contributed by atoms with E-state index in [1.807, 2.05) is 16.8 Å². The number of nitrogens with zero attached hydrogens (tertiary/aromatic N) is 2. The monoisotopic (exact) mass is 416 g/mol. The smallest absolute Gasteiger partial charge is 0.414 e. The second-order valence-corrected chi connectivity index (χ2v) is 14.0. The summed E-state index contributed by atoms with van der Waals surface area (Å²) in [6, 6.07) is 11.5. The van der Waals surface area contributed by atoms with E-state index in [0.717, 1.165) is 6.04 Å². The number of carbonyl (C=O) groups is 2. The van der Waals surface area contributed by atoms with Crippen molar-refractivity contribution in [2.75, 3.05) is 24.7 Å². The summed E-state index contributed by atoms with van der Waals surface area (Å²) in [5.74, 6) is -0.104. The lowest BCUT2D eigenvalue weighted by Crippen LogP contribution is -2.25. The van der Waals surface area contributed by atoms with Crippen LogP contribution in [0.1, 0.15) is 16.1 Å². The highest BCUT2D eigenvalue weighted by molar-refractivity contribution is 6.76. The average molecular weight is 417 g/mol. The van der Waals surface area contributed by atoms with Crippen LogP contribution in [0.25, 0.3) is 0 Å². The molecule has 29 heavy (non-hydrogen) atoms. The van der Waals surface area contributed by atoms with Crippen LogP contribution in [0.15, 0.2) is 42.6 Å². The van der Waals surface area contributed by atoms with E-state index in [1.165, 1.54) is 4.90 Å². The molecule has 2 aromatic rings. The molecule has 1 fully saturated rings. The van der Waals surface area contributed by atoms with Gasteiger partial charge in [0.25, 0.3) is 0 Å². The summed E-state index contributed by atoms with van der Waals surface area (Å²) < 4.78 is 12.6. The molecule has 1 aromatic carbocycles. The molecule has 0 saturated carbocycles. The molecule has 156 valence electrons. The van der Waals surface area contributed by atoms with Gasteiger partial charge in [-0.1, -0.05) is 19.6 Å². The highest BCUT2D eigenvalue weighted by Gasteiger charge is 2.31. The van der Waals surface area contributed by atoms with Gasteiger partial charge in [-0.2, -0.15) is 0 Å². The van der Waals surface area contributed by atoms with Crippen molar-refractivity contribution >= 4 is 25.6 Å². The molecule has 1 aromatic heterocycles. The molecule has 7 nitrogen and oxygen atoms in total. The predicted octanol–water partition coefficient (Wildman–Crippen LogP) is 3.35. The van der Waals surface area contributed by atoms with E-state index >= 15 is 0 Å². The van der Waals surface area contributed by atoms with Crippen LogP contribution < -0.4 is 4.90 Å². The van der Waals surface area contributed by atoms with E-state index in [2.05, 4.69) is 19.6 Å². The fourth-order valence-corrected chi connectivity index (χ4v) is 3.80. The van der Waals surface area contributed by atoms with Crippen LogP contribution in [0.5, 0.6) is 0 Å². The molecular weight excluding hydrogens is 388 g/mol. The third-order valence-corrected chi connectivity index (χ3v) is 6.51. The number of anilines is 1. The van der Waals surface area contributed by atoms with E-state index in [0.29, 0.717) is 36.8 Å². The number of carbonyl (C=O) groups excluding carboxylic acids is 2. The molecule has 1 aliphatic rings. The Kier molecular flexibility index (Phi) is 6.56. The summed E-state index contributed by atoms with van der Waals surface area (Å²) in [6.45, 7) is 8.02. The first-order valence-electron chi connectivity index (χ1n) is 9.75. The van der Waals surface area contributed by atoms with Crippen LogP contribution >= 0.6 is 0 Å². The molecule has 1 saturated heterocycles. The van der Waals surface area contributed by atoms with Crippen molar-refractivity contribution in [3.8, 4) is 0 Å². The van der Waals surface area contributed by atoms with Crippen LogP contribution in [-0.4, -0.2) is 55.5 Å². The molecule has 1 amide bonds. The number of aliphatic hydroxyl groups excluding tert-OH is 1. The Bertz CT molecular complexity index is 857. The lowest BCUT2D eigenvalue weighted by molar-refractivity contribution is 0.0819. The molecular formula is C21H28N2O5Si. The van der Waals surface area contributed by atoms with Crippen molar-refractivity contribution in [2.24, 2.45) is 0 Å². The fraction of sp³-hybridized carbons (Fsp3) is 0.429. The highest BCUT2D eigenvalue weighted by Crippen LogP contribution is 2.23. The Balaban J connectivity index is 1.64. The van der Waals surface area contributed by atoms with Crippen LogP contribution in [0.2, 0.25) is 25.7 Å². The number of cyclic esters (lactones) is 1. The van der Waals surface area contributed by atoms with Crippen molar-refractivity contribution < 1.29 is 24.2 Å². The van der Waals surface area contributed by atoms with E-state index in [9.17, 15) is 9.59 Å². The number of ketones is 1. The van der Waals surface area contributed by atoms with Gasteiger partial charge < -0.3 is 19.1 Å². The largest absolute Gasteiger partial charge is 0.441 e. The quantitative estimate of drug-likeness (QED) is 0.385. The fourth-order valence-electron chi connectivity index (χ4n) is 3.04.